The number of rotatable bonds is 4. The number of hydrogen-bond donors (Lipinski definition) is 1. The molecule has 0 atom stereocenters. The molecule has 1 aromatic heterocycles. The van der Waals surface area contributed by atoms with E-state index in [-0.39, 0.29) is 11.3 Å². The van der Waals surface area contributed by atoms with Crippen LogP contribution in [0.2, 0.25) is 0 Å². The van der Waals surface area contributed by atoms with Crippen LogP contribution in [-0.2, 0) is 0 Å². The Bertz CT molecular complexity index is 640. The number of ether oxygens (including phenoxy) is 1. The average molecular weight is 341 g/mol. The van der Waals surface area contributed by atoms with E-state index in [1.807, 2.05) is 0 Å². The van der Waals surface area contributed by atoms with Gasteiger partial charge >= 0.3 is 5.97 Å². The minimum atomic E-state index is -1.04. The Balaban J connectivity index is 1.87. The highest BCUT2D eigenvalue weighted by atomic mass is 79.9. The van der Waals surface area contributed by atoms with Gasteiger partial charge in [-0.1, -0.05) is 15.9 Å². The van der Waals surface area contributed by atoms with Gasteiger partial charge in [0.1, 0.15) is 17.1 Å². The lowest BCUT2D eigenvalue weighted by molar-refractivity contribution is 0.0694. The minimum Gasteiger partial charge on any atom is -0.478 e. The topological polar surface area (TPSA) is 72.3 Å². The fraction of sp³-hybridized carbons (Fsp3) is 0.250. The Labute approximate surface area is 121 Å². The minimum absolute atomic E-state index is 0.0950. The number of aromatic carboxylic acids is 1. The molecule has 1 fully saturated rings. The second kappa shape index (κ2) is 4.90. The van der Waals surface area contributed by atoms with Gasteiger partial charge in [0.15, 0.2) is 0 Å². The second-order valence-electron chi connectivity index (χ2n) is 4.24. The van der Waals surface area contributed by atoms with Crippen LogP contribution < -0.4 is 4.74 Å². The molecule has 0 aliphatic heterocycles. The summed E-state index contributed by atoms with van der Waals surface area (Å²) >= 11 is 4.39. The summed E-state index contributed by atoms with van der Waals surface area (Å²) in [5, 5.41) is 9.52. The first-order valence-electron chi connectivity index (χ1n) is 5.68. The van der Waals surface area contributed by atoms with Crippen LogP contribution in [0.5, 0.6) is 10.9 Å². The van der Waals surface area contributed by atoms with Crippen molar-refractivity contribution in [3.05, 3.63) is 34.1 Å². The van der Waals surface area contributed by atoms with E-state index in [4.69, 9.17) is 9.84 Å². The molecule has 0 bridgehead atoms. The first kappa shape index (κ1) is 12.6. The predicted octanol–water partition coefficient (Wildman–Crippen LogP) is 3.67. The number of nitrogens with zero attached hydrogens (tertiary/aromatic N) is 2. The van der Waals surface area contributed by atoms with Gasteiger partial charge in [0.05, 0.1) is 0 Å². The van der Waals surface area contributed by atoms with E-state index in [1.54, 1.807) is 12.1 Å². The van der Waals surface area contributed by atoms with Crippen LogP contribution in [0.3, 0.4) is 0 Å². The van der Waals surface area contributed by atoms with E-state index in [2.05, 4.69) is 25.3 Å². The van der Waals surface area contributed by atoms with Gasteiger partial charge in [-0.05, 0) is 31.0 Å². The van der Waals surface area contributed by atoms with Crippen molar-refractivity contribution in [3.8, 4) is 10.9 Å². The molecule has 1 N–H and O–H groups in total. The fourth-order valence-electron chi connectivity index (χ4n) is 1.62. The summed E-state index contributed by atoms with van der Waals surface area (Å²) in [6, 6.07) is 4.83. The summed E-state index contributed by atoms with van der Waals surface area (Å²) < 4.78 is 10.4. The molecule has 5 nitrogen and oxygen atoms in total. The third-order valence-electron chi connectivity index (χ3n) is 2.73. The Morgan fingerprint density at radius 2 is 2.26 bits per heavy atom. The Kier molecular flexibility index (Phi) is 3.24. The van der Waals surface area contributed by atoms with Gasteiger partial charge in [-0.15, -0.1) is 0 Å². The Morgan fingerprint density at radius 3 is 2.95 bits per heavy atom. The molecule has 98 valence electrons. The van der Waals surface area contributed by atoms with Gasteiger partial charge in [0, 0.05) is 21.9 Å². The predicted molar refractivity (Wildman–Crippen MR) is 73.1 cm³/mol. The van der Waals surface area contributed by atoms with E-state index in [9.17, 15) is 4.79 Å². The molecular weight excluding hydrogens is 332 g/mol. The van der Waals surface area contributed by atoms with Crippen LogP contribution in [0.4, 0.5) is 0 Å². The molecule has 7 heteroatoms. The maximum absolute atomic E-state index is 11.2. The molecule has 0 amide bonds. The first-order chi connectivity index (χ1) is 9.13. The number of carboxylic acids is 1. The summed E-state index contributed by atoms with van der Waals surface area (Å²) in [5.74, 6) is 0.490. The van der Waals surface area contributed by atoms with Gasteiger partial charge in [0.2, 0.25) is 0 Å². The normalized spacial score (nSPS) is 14.4. The van der Waals surface area contributed by atoms with Crippen LogP contribution >= 0.6 is 27.5 Å². The quantitative estimate of drug-likeness (QED) is 0.919. The average Bonchev–Trinajstić information content (AvgIpc) is 3.12. The molecule has 0 saturated heterocycles. The maximum atomic E-state index is 11.2. The van der Waals surface area contributed by atoms with Crippen molar-refractivity contribution >= 4 is 33.4 Å². The van der Waals surface area contributed by atoms with Crippen molar-refractivity contribution in [2.75, 3.05) is 0 Å². The van der Waals surface area contributed by atoms with Crippen LogP contribution in [-0.4, -0.2) is 20.4 Å². The smallest absolute Gasteiger partial charge is 0.339 e. The standard InChI is InChI=1S/C12H9BrN2O3S/c13-7-3-4-9(8(5-7)11(16)17)18-12-14-10(15-19-12)6-1-2-6/h3-6H,1-2H2,(H,16,17). The monoisotopic (exact) mass is 340 g/mol. The zero-order valence-electron chi connectivity index (χ0n) is 9.67. The zero-order chi connectivity index (χ0) is 13.4. The second-order valence-corrected chi connectivity index (χ2v) is 5.87. The molecule has 1 heterocycles. The third kappa shape index (κ3) is 2.76. The van der Waals surface area contributed by atoms with Crippen LogP contribution in [0, 0.1) is 0 Å². The number of benzene rings is 1. The van der Waals surface area contributed by atoms with Crippen LogP contribution in [0.25, 0.3) is 0 Å². The number of carboxylic acid groups (broad SMARTS) is 1. The third-order valence-corrected chi connectivity index (χ3v) is 3.84. The Morgan fingerprint density at radius 1 is 1.47 bits per heavy atom. The number of hydrogen-bond acceptors (Lipinski definition) is 5. The van der Waals surface area contributed by atoms with Crippen molar-refractivity contribution in [1.82, 2.24) is 9.36 Å². The van der Waals surface area contributed by atoms with E-state index >= 15 is 0 Å². The molecule has 1 aliphatic rings. The lowest BCUT2D eigenvalue weighted by Crippen LogP contribution is -2.00. The van der Waals surface area contributed by atoms with Crippen LogP contribution in [0.1, 0.15) is 34.9 Å². The molecule has 0 unspecified atom stereocenters. The molecule has 0 radical (unpaired) electrons. The van der Waals surface area contributed by atoms with Gasteiger partial charge < -0.3 is 9.84 Å². The van der Waals surface area contributed by atoms with E-state index in [0.29, 0.717) is 15.6 Å². The highest BCUT2D eigenvalue weighted by Gasteiger charge is 2.28. The summed E-state index contributed by atoms with van der Waals surface area (Å²) in [6.45, 7) is 0. The maximum Gasteiger partial charge on any atom is 0.339 e. The molecular formula is C12H9BrN2O3S. The highest BCUT2D eigenvalue weighted by molar-refractivity contribution is 9.10. The molecule has 1 saturated carbocycles. The van der Waals surface area contributed by atoms with Gasteiger partial charge in [-0.2, -0.15) is 9.36 Å². The Hall–Kier alpha value is -1.47. The summed E-state index contributed by atoms with van der Waals surface area (Å²) in [6.07, 6.45) is 2.24. The largest absolute Gasteiger partial charge is 0.478 e. The molecule has 1 aliphatic carbocycles. The molecule has 19 heavy (non-hydrogen) atoms. The molecule has 3 rings (SSSR count). The highest BCUT2D eigenvalue weighted by Crippen LogP contribution is 2.40. The summed E-state index contributed by atoms with van der Waals surface area (Å²) in [4.78, 5) is 15.4. The summed E-state index contributed by atoms with van der Waals surface area (Å²) in [5.41, 5.74) is 0.0950. The van der Waals surface area contributed by atoms with Crippen molar-refractivity contribution in [2.24, 2.45) is 0 Å². The number of halogens is 1. The number of carbonyl (C=O) groups is 1. The summed E-state index contributed by atoms with van der Waals surface area (Å²) in [7, 11) is 0. The van der Waals surface area contributed by atoms with Crippen molar-refractivity contribution in [2.45, 2.75) is 18.8 Å². The first-order valence-corrected chi connectivity index (χ1v) is 7.24. The van der Waals surface area contributed by atoms with E-state index in [0.717, 1.165) is 30.2 Å². The van der Waals surface area contributed by atoms with Gasteiger partial charge in [0.25, 0.3) is 5.19 Å². The van der Waals surface area contributed by atoms with Crippen LogP contribution in [0.15, 0.2) is 22.7 Å². The zero-order valence-corrected chi connectivity index (χ0v) is 12.1. The molecule has 2 aromatic rings. The fourth-order valence-corrected chi connectivity index (χ4v) is 2.61. The van der Waals surface area contributed by atoms with E-state index < -0.39 is 5.97 Å². The van der Waals surface area contributed by atoms with Gasteiger partial charge in [-0.25, -0.2) is 4.79 Å². The van der Waals surface area contributed by atoms with Crippen molar-refractivity contribution in [3.63, 3.8) is 0 Å². The lowest BCUT2D eigenvalue weighted by Gasteiger charge is -2.05. The number of aromatic nitrogens is 2. The molecule has 1 aromatic carbocycles. The van der Waals surface area contributed by atoms with E-state index in [1.165, 1.54) is 6.07 Å². The lowest BCUT2D eigenvalue weighted by atomic mass is 10.2. The van der Waals surface area contributed by atoms with Crippen molar-refractivity contribution in [1.29, 1.82) is 0 Å². The van der Waals surface area contributed by atoms with Crippen molar-refractivity contribution < 1.29 is 14.6 Å². The molecule has 0 spiro atoms. The SMILES string of the molecule is O=C(O)c1cc(Br)ccc1Oc1nc(C2CC2)ns1. The van der Waals surface area contributed by atoms with Gasteiger partial charge in [-0.3, -0.25) is 0 Å².